The molecule has 0 unspecified atom stereocenters. The molecule has 1 aromatic carbocycles. The molecule has 0 radical (unpaired) electrons. The average Bonchev–Trinajstić information content (AvgIpc) is 3.09. The van der Waals surface area contributed by atoms with Gasteiger partial charge in [0.25, 0.3) is 0 Å². The Morgan fingerprint density at radius 1 is 1.12 bits per heavy atom. The molecule has 0 spiro atoms. The summed E-state index contributed by atoms with van der Waals surface area (Å²) in [5.74, 6) is 0.251. The quantitative estimate of drug-likeness (QED) is 0.678. The summed E-state index contributed by atoms with van der Waals surface area (Å²) in [6.45, 7) is 0. The van der Waals surface area contributed by atoms with Crippen LogP contribution in [0, 0.1) is 0 Å². The lowest BCUT2D eigenvalue weighted by Crippen LogP contribution is -2.28. The Balaban J connectivity index is 1.82. The Kier molecular flexibility index (Phi) is 3.90. The van der Waals surface area contributed by atoms with E-state index in [-0.39, 0.29) is 11.8 Å². The van der Waals surface area contributed by atoms with E-state index in [1.165, 1.54) is 17.5 Å². The van der Waals surface area contributed by atoms with E-state index in [2.05, 4.69) is 22.1 Å². The van der Waals surface area contributed by atoms with E-state index >= 15 is 0 Å². The van der Waals surface area contributed by atoms with Crippen LogP contribution < -0.4 is 4.90 Å². The molecule has 1 aliphatic carbocycles. The number of rotatable bonds is 3. The number of pyridine rings is 2. The number of aromatic nitrogens is 2. The van der Waals surface area contributed by atoms with Crippen LogP contribution in [0.2, 0.25) is 0 Å². The molecular formula is C19H16ClN3O. The summed E-state index contributed by atoms with van der Waals surface area (Å²) in [5.41, 5.74) is 4.09. The first-order valence-corrected chi connectivity index (χ1v) is 8.52. The van der Waals surface area contributed by atoms with Gasteiger partial charge in [-0.2, -0.15) is 0 Å². The number of hydrogen-bond acceptors (Lipinski definition) is 3. The fraction of sp³-hybridized carbons (Fsp3) is 0.211. The number of nitrogens with zero attached hydrogens (tertiary/aromatic N) is 3. The van der Waals surface area contributed by atoms with Crippen LogP contribution in [0.1, 0.15) is 17.5 Å². The first kappa shape index (κ1) is 15.1. The highest BCUT2D eigenvalue weighted by Crippen LogP contribution is 2.31. The number of benzene rings is 1. The molecule has 0 aliphatic heterocycles. The highest BCUT2D eigenvalue weighted by Gasteiger charge is 2.21. The second kappa shape index (κ2) is 6.21. The molecule has 4 rings (SSSR count). The third kappa shape index (κ3) is 2.63. The van der Waals surface area contributed by atoms with Crippen molar-refractivity contribution in [2.75, 3.05) is 10.8 Å². The van der Waals surface area contributed by atoms with Gasteiger partial charge in [0.1, 0.15) is 11.7 Å². The first-order chi connectivity index (χ1) is 11.8. The molecule has 24 heavy (non-hydrogen) atoms. The van der Waals surface area contributed by atoms with Gasteiger partial charge in [-0.1, -0.05) is 6.07 Å². The van der Waals surface area contributed by atoms with Crippen LogP contribution in [0.15, 0.2) is 48.7 Å². The summed E-state index contributed by atoms with van der Waals surface area (Å²) in [7, 11) is 0. The fourth-order valence-corrected chi connectivity index (χ4v) is 3.35. The molecule has 1 aliphatic rings. The SMILES string of the molecule is O=C(CCl)N(c1ccc2c(c1)CCC2)c1ccc2cccnc2n1. The number of fused-ring (bicyclic) bond motifs is 2. The summed E-state index contributed by atoms with van der Waals surface area (Å²) < 4.78 is 0. The number of carbonyl (C=O) groups excluding carboxylic acids is 1. The summed E-state index contributed by atoms with van der Waals surface area (Å²) in [6, 6.07) is 13.7. The zero-order chi connectivity index (χ0) is 16.5. The van der Waals surface area contributed by atoms with E-state index in [9.17, 15) is 4.79 Å². The molecule has 120 valence electrons. The third-order valence-corrected chi connectivity index (χ3v) is 4.61. The maximum Gasteiger partial charge on any atom is 0.247 e. The number of aryl methyl sites for hydroxylation is 2. The molecule has 2 heterocycles. The van der Waals surface area contributed by atoms with Gasteiger partial charge in [0.2, 0.25) is 5.91 Å². The van der Waals surface area contributed by atoms with Crippen LogP contribution >= 0.6 is 11.6 Å². The van der Waals surface area contributed by atoms with E-state index in [0.29, 0.717) is 11.5 Å². The minimum absolute atomic E-state index is 0.0982. The van der Waals surface area contributed by atoms with Crippen molar-refractivity contribution in [3.8, 4) is 0 Å². The smallest absolute Gasteiger partial charge is 0.247 e. The van der Waals surface area contributed by atoms with Gasteiger partial charge in [-0.05, 0) is 66.8 Å². The molecule has 3 aromatic rings. The van der Waals surface area contributed by atoms with E-state index in [1.54, 1.807) is 11.1 Å². The lowest BCUT2D eigenvalue weighted by atomic mass is 10.1. The Morgan fingerprint density at radius 3 is 2.88 bits per heavy atom. The second-order valence-electron chi connectivity index (χ2n) is 5.89. The highest BCUT2D eigenvalue weighted by atomic mass is 35.5. The van der Waals surface area contributed by atoms with E-state index < -0.39 is 0 Å². The van der Waals surface area contributed by atoms with Crippen LogP contribution in [-0.4, -0.2) is 21.8 Å². The maximum atomic E-state index is 12.5. The minimum Gasteiger partial charge on any atom is -0.273 e. The van der Waals surface area contributed by atoms with Gasteiger partial charge in [0.15, 0.2) is 5.65 Å². The topological polar surface area (TPSA) is 46.1 Å². The van der Waals surface area contributed by atoms with Crippen molar-refractivity contribution < 1.29 is 4.79 Å². The number of hydrogen-bond donors (Lipinski definition) is 0. The van der Waals surface area contributed by atoms with Crippen molar-refractivity contribution in [1.82, 2.24) is 9.97 Å². The number of halogens is 1. The Bertz CT molecular complexity index is 925. The molecule has 0 saturated heterocycles. The minimum atomic E-state index is -0.197. The molecule has 0 atom stereocenters. The van der Waals surface area contributed by atoms with Gasteiger partial charge in [0, 0.05) is 11.6 Å². The highest BCUT2D eigenvalue weighted by molar-refractivity contribution is 6.30. The molecule has 0 bridgehead atoms. The summed E-state index contributed by atoms with van der Waals surface area (Å²) in [5, 5.41) is 0.938. The predicted octanol–water partition coefficient (Wildman–Crippen LogP) is 4.02. The van der Waals surface area contributed by atoms with Gasteiger partial charge in [-0.15, -0.1) is 11.6 Å². The van der Waals surface area contributed by atoms with Crippen molar-refractivity contribution in [2.45, 2.75) is 19.3 Å². The number of carbonyl (C=O) groups is 1. The number of amides is 1. The zero-order valence-electron chi connectivity index (χ0n) is 13.1. The van der Waals surface area contributed by atoms with Crippen LogP contribution in [0.25, 0.3) is 11.0 Å². The van der Waals surface area contributed by atoms with Crippen LogP contribution in [0.4, 0.5) is 11.5 Å². The van der Waals surface area contributed by atoms with Gasteiger partial charge in [0.05, 0.1) is 5.69 Å². The van der Waals surface area contributed by atoms with E-state index in [0.717, 1.165) is 23.9 Å². The van der Waals surface area contributed by atoms with Crippen molar-refractivity contribution in [1.29, 1.82) is 0 Å². The lowest BCUT2D eigenvalue weighted by molar-refractivity contribution is -0.115. The normalized spacial score (nSPS) is 13.0. The van der Waals surface area contributed by atoms with Crippen LogP contribution in [0.5, 0.6) is 0 Å². The summed E-state index contributed by atoms with van der Waals surface area (Å²) >= 11 is 5.85. The van der Waals surface area contributed by atoms with Gasteiger partial charge >= 0.3 is 0 Å². The summed E-state index contributed by atoms with van der Waals surface area (Å²) in [6.07, 6.45) is 5.03. The Hall–Kier alpha value is -2.46. The first-order valence-electron chi connectivity index (χ1n) is 7.99. The van der Waals surface area contributed by atoms with E-state index in [1.807, 2.05) is 30.3 Å². The van der Waals surface area contributed by atoms with Crippen molar-refractivity contribution in [2.24, 2.45) is 0 Å². The molecule has 0 saturated carbocycles. The van der Waals surface area contributed by atoms with Crippen LogP contribution in [-0.2, 0) is 17.6 Å². The fourth-order valence-electron chi connectivity index (χ4n) is 3.23. The summed E-state index contributed by atoms with van der Waals surface area (Å²) in [4.78, 5) is 22.9. The molecule has 4 nitrogen and oxygen atoms in total. The third-order valence-electron chi connectivity index (χ3n) is 4.38. The molecule has 0 N–H and O–H groups in total. The standard InChI is InChI=1S/C19H16ClN3O/c20-12-18(24)23(16-8-6-13-3-1-4-15(13)11-16)17-9-7-14-5-2-10-21-19(14)22-17/h2,5-11H,1,3-4,12H2. The molecule has 2 aromatic heterocycles. The molecular weight excluding hydrogens is 322 g/mol. The van der Waals surface area contributed by atoms with Crippen molar-refractivity contribution >= 4 is 40.0 Å². The van der Waals surface area contributed by atoms with Gasteiger partial charge in [-0.3, -0.25) is 9.69 Å². The average molecular weight is 338 g/mol. The zero-order valence-corrected chi connectivity index (χ0v) is 13.8. The van der Waals surface area contributed by atoms with Gasteiger partial charge in [-0.25, -0.2) is 9.97 Å². The Morgan fingerprint density at radius 2 is 2.00 bits per heavy atom. The van der Waals surface area contributed by atoms with Crippen LogP contribution in [0.3, 0.4) is 0 Å². The lowest BCUT2D eigenvalue weighted by Gasteiger charge is -2.22. The molecule has 1 amide bonds. The van der Waals surface area contributed by atoms with Gasteiger partial charge < -0.3 is 0 Å². The predicted molar refractivity (Wildman–Crippen MR) is 95.9 cm³/mol. The largest absolute Gasteiger partial charge is 0.273 e. The molecule has 0 fully saturated rings. The number of anilines is 2. The van der Waals surface area contributed by atoms with E-state index in [4.69, 9.17) is 11.6 Å². The van der Waals surface area contributed by atoms with Crippen molar-refractivity contribution in [3.05, 3.63) is 59.8 Å². The maximum absolute atomic E-state index is 12.5. The van der Waals surface area contributed by atoms with Crippen molar-refractivity contribution in [3.63, 3.8) is 0 Å². The number of alkyl halides is 1. The second-order valence-corrected chi connectivity index (χ2v) is 6.16. The monoisotopic (exact) mass is 337 g/mol. The Labute approximate surface area is 145 Å². The molecule has 5 heteroatoms.